The summed E-state index contributed by atoms with van der Waals surface area (Å²) in [6.45, 7) is 0. The zero-order chi connectivity index (χ0) is 26.0. The molecule has 0 N–H and O–H groups in total. The van der Waals surface area contributed by atoms with Gasteiger partial charge in [0.2, 0.25) is 0 Å². The van der Waals surface area contributed by atoms with Crippen LogP contribution >= 0.6 is 0 Å². The predicted octanol–water partition coefficient (Wildman–Crippen LogP) is 13.3. The summed E-state index contributed by atoms with van der Waals surface area (Å²) in [4.78, 5) is 0. The predicted molar refractivity (Wildman–Crippen MR) is 167 cm³/mol. The van der Waals surface area contributed by atoms with Gasteiger partial charge in [-0.2, -0.15) is 0 Å². The van der Waals surface area contributed by atoms with E-state index in [0.29, 0.717) is 0 Å². The fourth-order valence-electron chi connectivity index (χ4n) is 10.5. The maximum atomic E-state index is 1.56. The van der Waals surface area contributed by atoms with Gasteiger partial charge in [-0.1, -0.05) is 116 Å². The van der Waals surface area contributed by atoms with Crippen LogP contribution in [-0.2, 0) is 0 Å². The molecule has 0 aromatic heterocycles. The van der Waals surface area contributed by atoms with Crippen molar-refractivity contribution >= 4 is 0 Å². The van der Waals surface area contributed by atoms with E-state index < -0.39 is 0 Å². The molecule has 0 atom stereocenters. The highest BCUT2D eigenvalue weighted by Crippen LogP contribution is 2.56. The molecule has 4 spiro atoms. The van der Waals surface area contributed by atoms with Gasteiger partial charge in [0.25, 0.3) is 0 Å². The zero-order valence-electron chi connectivity index (χ0n) is 26.0. The van der Waals surface area contributed by atoms with Crippen molar-refractivity contribution in [3.63, 3.8) is 0 Å². The maximum absolute atomic E-state index is 1.56. The normalized spacial score (nSPS) is 31.6. The molecule has 38 heavy (non-hydrogen) atoms. The summed E-state index contributed by atoms with van der Waals surface area (Å²) in [6.07, 6.45) is 52.4. The molecule has 0 saturated heterocycles. The van der Waals surface area contributed by atoms with E-state index in [1.54, 1.807) is 103 Å². The Morgan fingerprint density at radius 2 is 0.289 bits per heavy atom. The molecular weight excluding hydrogens is 456 g/mol. The molecule has 0 radical (unpaired) electrons. The highest BCUT2D eigenvalue weighted by atomic mass is 14.5. The lowest BCUT2D eigenvalue weighted by atomic mass is 9.61. The van der Waals surface area contributed by atoms with Crippen molar-refractivity contribution in [3.05, 3.63) is 0 Å². The SMILES string of the molecule is C1CCC2(CC1)CC2.C1CCC2(CC1)CCC2.C1CCC2(CC1)CCCC2.C1CCC2(CC1)CCCCC2. The van der Waals surface area contributed by atoms with Gasteiger partial charge in [0.05, 0.1) is 0 Å². The van der Waals surface area contributed by atoms with Gasteiger partial charge in [-0.05, 0) is 124 Å². The molecule has 220 valence electrons. The molecule has 0 unspecified atom stereocenters. The van der Waals surface area contributed by atoms with Crippen LogP contribution in [-0.4, -0.2) is 0 Å². The van der Waals surface area contributed by atoms with Crippen LogP contribution < -0.4 is 0 Å². The largest absolute Gasteiger partial charge is 0.0533 e. The smallest absolute Gasteiger partial charge is 0.0297 e. The summed E-state index contributed by atoms with van der Waals surface area (Å²) in [5.41, 5.74) is 3.56. The minimum atomic E-state index is 0.858. The summed E-state index contributed by atoms with van der Waals surface area (Å²) >= 11 is 0. The summed E-state index contributed by atoms with van der Waals surface area (Å²) in [7, 11) is 0. The standard InChI is InChI=1S/C11H20.C10H18.C9H16.C8H14/c1-3-7-11(8-4-1)9-5-2-6-10-11;1-2-6-10(7-3-1)8-4-5-9-10;1-2-5-9(6-3-1)7-4-8-9;1-2-4-8(5-3-1)6-7-8/h1-10H2;1-9H2;1-8H2;1-7H2. The third kappa shape index (κ3) is 8.51. The fourth-order valence-corrected chi connectivity index (χ4v) is 10.5. The Morgan fingerprint density at radius 1 is 0.132 bits per heavy atom. The van der Waals surface area contributed by atoms with E-state index in [2.05, 4.69) is 0 Å². The van der Waals surface area contributed by atoms with E-state index in [-0.39, 0.29) is 0 Å². The van der Waals surface area contributed by atoms with E-state index in [1.807, 2.05) is 0 Å². The van der Waals surface area contributed by atoms with Crippen molar-refractivity contribution in [2.24, 2.45) is 21.7 Å². The van der Waals surface area contributed by atoms with Crippen molar-refractivity contribution in [1.29, 1.82) is 0 Å². The van der Waals surface area contributed by atoms with Crippen LogP contribution in [0.25, 0.3) is 0 Å². The second-order valence-electron chi connectivity index (χ2n) is 16.4. The third-order valence-corrected chi connectivity index (χ3v) is 13.6. The van der Waals surface area contributed by atoms with Crippen molar-refractivity contribution in [2.75, 3.05) is 0 Å². The molecule has 0 nitrogen and oxygen atoms in total. The van der Waals surface area contributed by atoms with Gasteiger partial charge >= 0.3 is 0 Å². The quantitative estimate of drug-likeness (QED) is 0.295. The van der Waals surface area contributed by atoms with Gasteiger partial charge in [0, 0.05) is 0 Å². The van der Waals surface area contributed by atoms with Crippen LogP contribution in [0.2, 0.25) is 0 Å². The zero-order valence-corrected chi connectivity index (χ0v) is 26.0. The third-order valence-electron chi connectivity index (χ3n) is 13.6. The number of hydrogen-bond acceptors (Lipinski definition) is 0. The summed E-state index contributed by atoms with van der Waals surface area (Å²) < 4.78 is 0. The first-order valence-electron chi connectivity index (χ1n) is 18.7. The highest BCUT2D eigenvalue weighted by molar-refractivity contribution is 4.94. The molecule has 0 heterocycles. The first-order valence-corrected chi connectivity index (χ1v) is 18.7. The van der Waals surface area contributed by atoms with Crippen molar-refractivity contribution in [3.8, 4) is 0 Å². The highest BCUT2D eigenvalue weighted by Gasteiger charge is 2.42. The van der Waals surface area contributed by atoms with Crippen LogP contribution in [0.15, 0.2) is 0 Å². The fraction of sp³-hybridized carbons (Fsp3) is 1.00. The molecule has 8 fully saturated rings. The van der Waals surface area contributed by atoms with Crippen molar-refractivity contribution < 1.29 is 0 Å². The molecule has 8 aliphatic rings. The average Bonchev–Trinajstić information content (AvgIpc) is 3.56. The van der Waals surface area contributed by atoms with Gasteiger partial charge in [0.1, 0.15) is 0 Å². The van der Waals surface area contributed by atoms with Crippen molar-refractivity contribution in [2.45, 2.75) is 218 Å². The van der Waals surface area contributed by atoms with E-state index in [0.717, 1.165) is 21.7 Å². The molecule has 8 saturated carbocycles. The van der Waals surface area contributed by atoms with Gasteiger partial charge in [0.15, 0.2) is 0 Å². The lowest BCUT2D eigenvalue weighted by Gasteiger charge is -2.45. The minimum Gasteiger partial charge on any atom is -0.0533 e. The van der Waals surface area contributed by atoms with Crippen LogP contribution in [0.3, 0.4) is 0 Å². The average molecular weight is 525 g/mol. The summed E-state index contributed by atoms with van der Waals surface area (Å²) in [5, 5.41) is 0. The van der Waals surface area contributed by atoms with Gasteiger partial charge in [-0.15, -0.1) is 0 Å². The molecule has 0 heteroatoms. The second kappa shape index (κ2) is 14.3. The van der Waals surface area contributed by atoms with Gasteiger partial charge < -0.3 is 0 Å². The summed E-state index contributed by atoms with van der Waals surface area (Å²) in [5.74, 6) is 0. The molecule has 0 bridgehead atoms. The van der Waals surface area contributed by atoms with E-state index in [1.165, 1.54) is 116 Å². The molecule has 8 aliphatic carbocycles. The van der Waals surface area contributed by atoms with E-state index in [9.17, 15) is 0 Å². The minimum absolute atomic E-state index is 0.858. The molecule has 0 aromatic carbocycles. The first kappa shape index (κ1) is 29.5. The molecule has 8 rings (SSSR count). The van der Waals surface area contributed by atoms with Crippen LogP contribution in [0, 0.1) is 21.7 Å². The van der Waals surface area contributed by atoms with Crippen LogP contribution in [0.4, 0.5) is 0 Å². The first-order chi connectivity index (χ1) is 18.7. The monoisotopic (exact) mass is 525 g/mol. The molecular formula is C38H68. The molecule has 0 aromatic rings. The Morgan fingerprint density at radius 3 is 0.447 bits per heavy atom. The van der Waals surface area contributed by atoms with Gasteiger partial charge in [-0.3, -0.25) is 0 Å². The Hall–Kier alpha value is 0. The summed E-state index contributed by atoms with van der Waals surface area (Å²) in [6, 6.07) is 0. The Bertz CT molecular complexity index is 602. The molecule has 0 amide bonds. The number of rotatable bonds is 0. The van der Waals surface area contributed by atoms with Crippen molar-refractivity contribution in [1.82, 2.24) is 0 Å². The lowest BCUT2D eigenvalue weighted by molar-refractivity contribution is 0.0775. The van der Waals surface area contributed by atoms with Crippen LogP contribution in [0.1, 0.15) is 218 Å². The van der Waals surface area contributed by atoms with E-state index >= 15 is 0 Å². The Kier molecular flexibility index (Phi) is 11.1. The maximum Gasteiger partial charge on any atom is -0.0297 e. The van der Waals surface area contributed by atoms with Gasteiger partial charge in [-0.25, -0.2) is 0 Å². The second-order valence-corrected chi connectivity index (χ2v) is 16.4. The Labute approximate surface area is 239 Å². The Balaban J connectivity index is 0.000000104. The van der Waals surface area contributed by atoms with E-state index in [4.69, 9.17) is 0 Å². The van der Waals surface area contributed by atoms with Crippen LogP contribution in [0.5, 0.6) is 0 Å². The number of hydrogen-bond donors (Lipinski definition) is 0. The molecule has 0 aliphatic heterocycles. The topological polar surface area (TPSA) is 0 Å². The lowest BCUT2D eigenvalue weighted by Crippen LogP contribution is -2.31.